The van der Waals surface area contributed by atoms with Crippen LogP contribution in [0.5, 0.6) is 0 Å². The largest absolute Gasteiger partial charge is 0.202 e. The average molecular weight is 214 g/mol. The SMILES string of the molecule is Cc1cccc(/C=N\n2c(C)nnc2C)c1. The summed E-state index contributed by atoms with van der Waals surface area (Å²) in [7, 11) is 0. The van der Waals surface area contributed by atoms with Gasteiger partial charge in [0.25, 0.3) is 0 Å². The molecule has 0 saturated heterocycles. The third-order valence-electron chi connectivity index (χ3n) is 2.32. The molecular weight excluding hydrogens is 200 g/mol. The second kappa shape index (κ2) is 4.26. The Bertz CT molecular complexity index is 506. The van der Waals surface area contributed by atoms with Crippen molar-refractivity contribution in [2.45, 2.75) is 20.8 Å². The first-order valence-corrected chi connectivity index (χ1v) is 5.16. The highest BCUT2D eigenvalue weighted by Gasteiger charge is 2.00. The molecule has 4 heteroatoms. The summed E-state index contributed by atoms with van der Waals surface area (Å²) in [5.41, 5.74) is 2.30. The van der Waals surface area contributed by atoms with Crippen molar-refractivity contribution < 1.29 is 0 Å². The van der Waals surface area contributed by atoms with Gasteiger partial charge >= 0.3 is 0 Å². The minimum absolute atomic E-state index is 0.793. The molecule has 16 heavy (non-hydrogen) atoms. The van der Waals surface area contributed by atoms with Crippen LogP contribution in [0.15, 0.2) is 29.4 Å². The minimum Gasteiger partial charge on any atom is -0.202 e. The summed E-state index contributed by atoms with van der Waals surface area (Å²) >= 11 is 0. The smallest absolute Gasteiger partial charge is 0.151 e. The molecule has 0 radical (unpaired) electrons. The molecule has 0 atom stereocenters. The molecule has 2 rings (SSSR count). The van der Waals surface area contributed by atoms with Crippen molar-refractivity contribution in [2.24, 2.45) is 5.10 Å². The lowest BCUT2D eigenvalue weighted by molar-refractivity contribution is 0.799. The second-order valence-corrected chi connectivity index (χ2v) is 3.76. The first kappa shape index (κ1) is 10.5. The Labute approximate surface area is 94.6 Å². The monoisotopic (exact) mass is 214 g/mol. The maximum atomic E-state index is 4.34. The normalized spacial score (nSPS) is 11.2. The van der Waals surface area contributed by atoms with Crippen LogP contribution in [0.3, 0.4) is 0 Å². The third kappa shape index (κ3) is 2.16. The van der Waals surface area contributed by atoms with E-state index in [9.17, 15) is 0 Å². The summed E-state index contributed by atoms with van der Waals surface area (Å²) in [6, 6.07) is 8.18. The second-order valence-electron chi connectivity index (χ2n) is 3.76. The topological polar surface area (TPSA) is 43.1 Å². The van der Waals surface area contributed by atoms with Crippen molar-refractivity contribution in [3.05, 3.63) is 47.0 Å². The van der Waals surface area contributed by atoms with Gasteiger partial charge in [-0.1, -0.05) is 29.8 Å². The fraction of sp³-hybridized carbons (Fsp3) is 0.250. The van der Waals surface area contributed by atoms with E-state index in [1.165, 1.54) is 5.56 Å². The highest BCUT2D eigenvalue weighted by Crippen LogP contribution is 2.03. The molecule has 4 nitrogen and oxygen atoms in total. The Morgan fingerprint density at radius 3 is 2.44 bits per heavy atom. The molecule has 2 aromatic rings. The van der Waals surface area contributed by atoms with E-state index >= 15 is 0 Å². The first-order chi connectivity index (χ1) is 7.66. The molecule has 0 amide bonds. The minimum atomic E-state index is 0.793. The van der Waals surface area contributed by atoms with Crippen LogP contribution in [0.2, 0.25) is 0 Å². The fourth-order valence-corrected chi connectivity index (χ4v) is 1.51. The van der Waals surface area contributed by atoms with Crippen molar-refractivity contribution in [3.63, 3.8) is 0 Å². The van der Waals surface area contributed by atoms with Crippen LogP contribution in [0.4, 0.5) is 0 Å². The van der Waals surface area contributed by atoms with Crippen molar-refractivity contribution in [1.29, 1.82) is 0 Å². The van der Waals surface area contributed by atoms with Gasteiger partial charge in [0, 0.05) is 0 Å². The lowest BCUT2D eigenvalue weighted by atomic mass is 10.2. The summed E-state index contributed by atoms with van der Waals surface area (Å²) in [4.78, 5) is 0. The molecular formula is C12H14N4. The van der Waals surface area contributed by atoms with Gasteiger partial charge in [-0.05, 0) is 26.3 Å². The van der Waals surface area contributed by atoms with Crippen LogP contribution in [-0.4, -0.2) is 21.1 Å². The molecule has 0 fully saturated rings. The summed E-state index contributed by atoms with van der Waals surface area (Å²) in [6.45, 7) is 5.83. The van der Waals surface area contributed by atoms with Crippen molar-refractivity contribution >= 4 is 6.21 Å². The van der Waals surface area contributed by atoms with Gasteiger partial charge in [-0.3, -0.25) is 0 Å². The number of nitrogens with zero attached hydrogens (tertiary/aromatic N) is 4. The molecule has 82 valence electrons. The van der Waals surface area contributed by atoms with E-state index in [4.69, 9.17) is 0 Å². The van der Waals surface area contributed by atoms with Gasteiger partial charge < -0.3 is 0 Å². The Kier molecular flexibility index (Phi) is 2.81. The van der Waals surface area contributed by atoms with Crippen LogP contribution in [-0.2, 0) is 0 Å². The molecule has 0 saturated carbocycles. The van der Waals surface area contributed by atoms with Gasteiger partial charge in [0.05, 0.1) is 6.21 Å². The van der Waals surface area contributed by atoms with E-state index in [-0.39, 0.29) is 0 Å². The number of aromatic nitrogens is 3. The van der Waals surface area contributed by atoms with E-state index in [2.05, 4.69) is 34.4 Å². The van der Waals surface area contributed by atoms with Crippen molar-refractivity contribution in [3.8, 4) is 0 Å². The Morgan fingerprint density at radius 1 is 1.12 bits per heavy atom. The molecule has 0 spiro atoms. The zero-order valence-electron chi connectivity index (χ0n) is 9.68. The maximum absolute atomic E-state index is 4.34. The lowest BCUT2D eigenvalue weighted by Gasteiger charge is -1.98. The summed E-state index contributed by atoms with van der Waals surface area (Å²) < 4.78 is 1.72. The van der Waals surface area contributed by atoms with Crippen molar-refractivity contribution in [1.82, 2.24) is 14.9 Å². The van der Waals surface area contributed by atoms with Crippen LogP contribution < -0.4 is 0 Å². The van der Waals surface area contributed by atoms with Gasteiger partial charge in [-0.15, -0.1) is 10.2 Å². The van der Waals surface area contributed by atoms with Crippen LogP contribution in [0, 0.1) is 20.8 Å². The predicted molar refractivity (Wildman–Crippen MR) is 63.7 cm³/mol. The number of aryl methyl sites for hydroxylation is 3. The van der Waals surface area contributed by atoms with Gasteiger partial charge in [0.2, 0.25) is 0 Å². The van der Waals surface area contributed by atoms with E-state index in [0.717, 1.165) is 17.2 Å². The fourth-order valence-electron chi connectivity index (χ4n) is 1.51. The van der Waals surface area contributed by atoms with E-state index < -0.39 is 0 Å². The zero-order valence-corrected chi connectivity index (χ0v) is 9.68. The van der Waals surface area contributed by atoms with E-state index in [1.807, 2.05) is 32.2 Å². The van der Waals surface area contributed by atoms with Gasteiger partial charge in [0.15, 0.2) is 11.6 Å². The molecule has 0 N–H and O–H groups in total. The summed E-state index contributed by atoms with van der Waals surface area (Å²) in [5.74, 6) is 1.59. The highest BCUT2D eigenvalue weighted by atomic mass is 15.4. The van der Waals surface area contributed by atoms with E-state index in [0.29, 0.717) is 0 Å². The Balaban J connectivity index is 2.28. The number of benzene rings is 1. The first-order valence-electron chi connectivity index (χ1n) is 5.16. The molecule has 1 aromatic heterocycles. The molecule has 0 aliphatic rings. The van der Waals surface area contributed by atoms with E-state index in [1.54, 1.807) is 4.68 Å². The van der Waals surface area contributed by atoms with Gasteiger partial charge in [-0.2, -0.15) is 5.10 Å². The third-order valence-corrected chi connectivity index (χ3v) is 2.32. The summed E-state index contributed by atoms with van der Waals surface area (Å²) in [6.07, 6.45) is 1.82. The lowest BCUT2D eigenvalue weighted by Crippen LogP contribution is -1.96. The van der Waals surface area contributed by atoms with Crippen molar-refractivity contribution in [2.75, 3.05) is 0 Å². The summed E-state index contributed by atoms with van der Waals surface area (Å²) in [5, 5.41) is 12.2. The van der Waals surface area contributed by atoms with Crippen LogP contribution in [0.25, 0.3) is 0 Å². The highest BCUT2D eigenvalue weighted by molar-refractivity contribution is 5.79. The van der Waals surface area contributed by atoms with Crippen LogP contribution in [0.1, 0.15) is 22.8 Å². The van der Waals surface area contributed by atoms with Gasteiger partial charge in [0.1, 0.15) is 0 Å². The molecule has 1 heterocycles. The molecule has 0 aliphatic carbocycles. The molecule has 0 bridgehead atoms. The quantitative estimate of drug-likeness (QED) is 0.718. The Hall–Kier alpha value is -1.97. The molecule has 1 aromatic carbocycles. The number of rotatable bonds is 2. The number of hydrogen-bond acceptors (Lipinski definition) is 3. The Morgan fingerprint density at radius 2 is 1.81 bits per heavy atom. The molecule has 0 aliphatic heterocycles. The number of hydrogen-bond donors (Lipinski definition) is 0. The van der Waals surface area contributed by atoms with Crippen LogP contribution >= 0.6 is 0 Å². The average Bonchev–Trinajstić information content (AvgIpc) is 2.56. The standard InChI is InChI=1S/C12H14N4/c1-9-5-4-6-12(7-9)8-13-16-10(2)14-15-11(16)3/h4-8H,1-3H3/b13-8-. The predicted octanol–water partition coefficient (Wildman–Crippen LogP) is 2.09. The zero-order chi connectivity index (χ0) is 11.5. The maximum Gasteiger partial charge on any atom is 0.151 e. The van der Waals surface area contributed by atoms with Gasteiger partial charge in [-0.25, -0.2) is 4.68 Å². The molecule has 0 unspecified atom stereocenters.